The summed E-state index contributed by atoms with van der Waals surface area (Å²) in [6.45, 7) is 3.28. The van der Waals surface area contributed by atoms with Crippen LogP contribution in [0.15, 0.2) is 53.0 Å². The molecule has 0 aromatic heterocycles. The molecule has 0 saturated carbocycles. The maximum atomic E-state index is 13.7. The van der Waals surface area contributed by atoms with Crippen molar-refractivity contribution in [2.45, 2.75) is 51.0 Å². The van der Waals surface area contributed by atoms with Gasteiger partial charge in [-0.15, -0.1) is 0 Å². The molecule has 4 rings (SSSR count). The fourth-order valence-electron chi connectivity index (χ4n) is 4.42. The zero-order valence-corrected chi connectivity index (χ0v) is 19.7. The van der Waals surface area contributed by atoms with Crippen LogP contribution in [0.5, 0.6) is 11.5 Å². The third-order valence-corrected chi connectivity index (χ3v) is 5.95. The lowest BCUT2D eigenvalue weighted by molar-refractivity contribution is -0.138. The number of hydrogen-bond acceptors (Lipinski definition) is 5. The molecule has 1 amide bonds. The lowest BCUT2D eigenvalue weighted by Crippen LogP contribution is -2.38. The minimum absolute atomic E-state index is 0.0240. The van der Waals surface area contributed by atoms with Crippen molar-refractivity contribution in [2.75, 3.05) is 13.7 Å². The van der Waals surface area contributed by atoms with Gasteiger partial charge in [0.15, 0.2) is 11.5 Å². The number of hydrogen-bond donors (Lipinski definition) is 2. The number of ether oxygens (including phenoxy) is 2. The minimum Gasteiger partial charge on any atom is -0.493 e. The van der Waals surface area contributed by atoms with E-state index in [0.717, 1.165) is 17.2 Å². The van der Waals surface area contributed by atoms with Crippen molar-refractivity contribution < 1.29 is 32.5 Å². The monoisotopic (exact) mass is 488 g/mol. The van der Waals surface area contributed by atoms with Gasteiger partial charge in [0.05, 0.1) is 24.8 Å². The van der Waals surface area contributed by atoms with Gasteiger partial charge in [-0.25, -0.2) is 0 Å². The van der Waals surface area contributed by atoms with E-state index in [4.69, 9.17) is 9.47 Å². The van der Waals surface area contributed by atoms with Gasteiger partial charge in [-0.3, -0.25) is 9.79 Å². The van der Waals surface area contributed by atoms with Gasteiger partial charge >= 0.3 is 6.18 Å². The number of aliphatic imine (C=N–C) groups is 1. The summed E-state index contributed by atoms with van der Waals surface area (Å²) in [5, 5.41) is 12.7. The van der Waals surface area contributed by atoms with Crippen molar-refractivity contribution in [1.29, 1.82) is 0 Å². The Morgan fingerprint density at radius 1 is 1.14 bits per heavy atom. The largest absolute Gasteiger partial charge is 0.493 e. The summed E-state index contributed by atoms with van der Waals surface area (Å²) in [6, 6.07) is 9.16. The van der Waals surface area contributed by atoms with Crippen molar-refractivity contribution in [2.24, 2.45) is 4.99 Å². The first-order valence-corrected chi connectivity index (χ1v) is 11.2. The Kier molecular flexibility index (Phi) is 6.64. The smallest absolute Gasteiger partial charge is 0.416 e. The van der Waals surface area contributed by atoms with Crippen LogP contribution in [-0.4, -0.2) is 36.1 Å². The number of fused-ring (bicyclic) bond motifs is 1. The highest BCUT2D eigenvalue weighted by Gasteiger charge is 2.35. The summed E-state index contributed by atoms with van der Waals surface area (Å²) < 4.78 is 52.4. The maximum Gasteiger partial charge on any atom is 0.416 e. The molecule has 0 radical (unpaired) electrons. The van der Waals surface area contributed by atoms with Crippen LogP contribution in [0.2, 0.25) is 0 Å². The molecule has 186 valence electrons. The Hall–Kier alpha value is -3.33. The molecule has 0 aliphatic carbocycles. The Labute approximate surface area is 201 Å². The highest BCUT2D eigenvalue weighted by atomic mass is 19.4. The fraction of sp³-hybridized carbons (Fsp3) is 0.385. The van der Waals surface area contributed by atoms with E-state index in [9.17, 15) is 23.1 Å². The number of benzene rings is 2. The zero-order valence-electron chi connectivity index (χ0n) is 19.7. The number of piperidine rings is 1. The fourth-order valence-corrected chi connectivity index (χ4v) is 4.42. The van der Waals surface area contributed by atoms with Crippen LogP contribution in [0.4, 0.5) is 13.2 Å². The summed E-state index contributed by atoms with van der Waals surface area (Å²) in [5.74, 6) is 0.920. The maximum absolute atomic E-state index is 13.7. The van der Waals surface area contributed by atoms with Crippen molar-refractivity contribution in [3.8, 4) is 11.5 Å². The number of nitrogens with one attached hydrogen (secondary N) is 1. The number of alkyl halides is 3. The standard InChI is InChI=1S/C26H27F3N2O4/c1-25(2,33)13-15-4-5-17(20(10-15)26(27,28)29)14-35-21-7-6-16(11-22(21)34-3)19-12-23(32)31-24-18(19)8-9-30-24/h4-8,10-11,19,33H,9,12-14H2,1-3H3,(H,30,31,32). The lowest BCUT2D eigenvalue weighted by Gasteiger charge is -2.26. The predicted octanol–water partition coefficient (Wildman–Crippen LogP) is 4.55. The number of rotatable bonds is 7. The molecule has 2 aliphatic heterocycles. The normalized spacial score (nSPS) is 17.9. The third-order valence-electron chi connectivity index (χ3n) is 5.95. The van der Waals surface area contributed by atoms with Crippen molar-refractivity contribution in [3.63, 3.8) is 0 Å². The van der Waals surface area contributed by atoms with Crippen molar-refractivity contribution >= 4 is 11.7 Å². The molecule has 2 heterocycles. The molecule has 0 bridgehead atoms. The van der Waals surface area contributed by atoms with E-state index in [1.54, 1.807) is 38.1 Å². The first-order valence-electron chi connectivity index (χ1n) is 11.2. The lowest BCUT2D eigenvalue weighted by atomic mass is 9.85. The van der Waals surface area contributed by atoms with Crippen LogP contribution in [0.3, 0.4) is 0 Å². The van der Waals surface area contributed by atoms with Gasteiger partial charge < -0.3 is 19.9 Å². The Morgan fingerprint density at radius 2 is 1.91 bits per heavy atom. The molecule has 1 unspecified atom stereocenters. The van der Waals surface area contributed by atoms with Gasteiger partial charge in [-0.05, 0) is 43.2 Å². The number of carbonyl (C=O) groups is 1. The van der Waals surface area contributed by atoms with Crippen LogP contribution in [0, 0.1) is 0 Å². The van der Waals surface area contributed by atoms with Gasteiger partial charge in [0, 0.05) is 29.9 Å². The highest BCUT2D eigenvalue weighted by molar-refractivity contribution is 6.12. The molecule has 1 fully saturated rings. The number of amidine groups is 1. The van der Waals surface area contributed by atoms with Gasteiger partial charge in [0.1, 0.15) is 12.4 Å². The predicted molar refractivity (Wildman–Crippen MR) is 125 cm³/mol. The molecule has 6 nitrogen and oxygen atoms in total. The van der Waals surface area contributed by atoms with Crippen LogP contribution >= 0.6 is 0 Å². The Balaban J connectivity index is 1.56. The molecule has 0 spiro atoms. The number of carbonyl (C=O) groups excluding carboxylic acids is 1. The van der Waals surface area contributed by atoms with Gasteiger partial charge in [0.2, 0.25) is 5.91 Å². The van der Waals surface area contributed by atoms with Crippen molar-refractivity contribution in [3.05, 3.63) is 70.3 Å². The second kappa shape index (κ2) is 9.37. The van der Waals surface area contributed by atoms with Crippen LogP contribution in [0.1, 0.15) is 48.4 Å². The molecule has 9 heteroatoms. The highest BCUT2D eigenvalue weighted by Crippen LogP contribution is 2.39. The van der Waals surface area contributed by atoms with E-state index in [1.807, 2.05) is 6.08 Å². The molecule has 2 aliphatic rings. The van der Waals surface area contributed by atoms with Crippen LogP contribution in [0.25, 0.3) is 0 Å². The first kappa shape index (κ1) is 24.8. The molecule has 2 aromatic carbocycles. The zero-order chi connectivity index (χ0) is 25.4. The van der Waals surface area contributed by atoms with Crippen molar-refractivity contribution in [1.82, 2.24) is 5.32 Å². The van der Waals surface area contributed by atoms with Crippen LogP contribution in [-0.2, 0) is 24.0 Å². The quantitative estimate of drug-likeness (QED) is 0.600. The number of halogens is 3. The average molecular weight is 489 g/mol. The topological polar surface area (TPSA) is 80.2 Å². The number of aliphatic hydroxyl groups is 1. The van der Waals surface area contributed by atoms with Crippen LogP contribution < -0.4 is 14.8 Å². The van der Waals surface area contributed by atoms with E-state index < -0.39 is 17.3 Å². The van der Waals surface area contributed by atoms with Gasteiger partial charge in [-0.1, -0.05) is 24.3 Å². The summed E-state index contributed by atoms with van der Waals surface area (Å²) >= 11 is 0. The summed E-state index contributed by atoms with van der Waals surface area (Å²) in [7, 11) is 1.45. The van der Waals surface area contributed by atoms with E-state index in [0.29, 0.717) is 29.4 Å². The number of methoxy groups -OCH3 is 1. The molecule has 35 heavy (non-hydrogen) atoms. The molecule has 1 saturated heterocycles. The average Bonchev–Trinajstić information content (AvgIpc) is 3.24. The molecular weight excluding hydrogens is 461 g/mol. The van der Waals surface area contributed by atoms with Gasteiger partial charge in [-0.2, -0.15) is 13.2 Å². The molecular formula is C26H27F3N2O4. The molecule has 2 N–H and O–H groups in total. The SMILES string of the molecule is COc1cc(C2CC(=O)NC3=NCC=C32)ccc1OCc1ccc(CC(C)(C)O)cc1C(F)(F)F. The molecule has 1 atom stereocenters. The summed E-state index contributed by atoms with van der Waals surface area (Å²) in [6.07, 6.45) is -2.25. The van der Waals surface area contributed by atoms with Gasteiger partial charge in [0.25, 0.3) is 0 Å². The second-order valence-corrected chi connectivity index (χ2v) is 9.33. The summed E-state index contributed by atoms with van der Waals surface area (Å²) in [5.41, 5.74) is 0.206. The van der Waals surface area contributed by atoms with E-state index in [1.165, 1.54) is 13.2 Å². The Bertz CT molecular complexity index is 1200. The molecule has 2 aromatic rings. The third kappa shape index (κ3) is 5.67. The number of nitrogens with zero attached hydrogens (tertiary/aromatic N) is 1. The van der Waals surface area contributed by atoms with E-state index in [-0.39, 0.29) is 36.8 Å². The number of amides is 1. The Morgan fingerprint density at radius 3 is 2.60 bits per heavy atom. The second-order valence-electron chi connectivity index (χ2n) is 9.33. The minimum atomic E-state index is -4.57. The van der Waals surface area contributed by atoms with E-state index in [2.05, 4.69) is 10.3 Å². The van der Waals surface area contributed by atoms with E-state index >= 15 is 0 Å². The summed E-state index contributed by atoms with van der Waals surface area (Å²) in [4.78, 5) is 16.4. The first-order chi connectivity index (χ1) is 16.4.